The van der Waals surface area contributed by atoms with Crippen LogP contribution in [-0.2, 0) is 0 Å². The van der Waals surface area contributed by atoms with Gasteiger partial charge in [-0.25, -0.2) is 0 Å². The highest BCUT2D eigenvalue weighted by molar-refractivity contribution is 5.63. The fraction of sp³-hybridized carbons (Fsp3) is 0.697. The number of rotatable bonds is 23. The van der Waals surface area contributed by atoms with Crippen LogP contribution in [0.15, 0.2) is 12.1 Å². The van der Waals surface area contributed by atoms with Gasteiger partial charge in [0.2, 0.25) is 0 Å². The largest absolute Gasteiger partial charge is 0.460 e. The van der Waals surface area contributed by atoms with Crippen molar-refractivity contribution in [1.29, 1.82) is 0 Å². The molecule has 11 nitrogen and oxygen atoms in total. The van der Waals surface area contributed by atoms with Crippen molar-refractivity contribution >= 4 is 0 Å². The third-order valence-corrected chi connectivity index (χ3v) is 9.45. The minimum atomic E-state index is -7.72. The average molecular weight is 1260 g/mol. The molecule has 0 saturated carbocycles. The van der Waals surface area contributed by atoms with Crippen molar-refractivity contribution in [3.05, 3.63) is 12.1 Å². The van der Waals surface area contributed by atoms with Crippen LogP contribution >= 0.6 is 0 Å². The maximum Gasteiger partial charge on any atom is 0.460 e. The van der Waals surface area contributed by atoms with Crippen molar-refractivity contribution in [3.63, 3.8) is 0 Å². The van der Waals surface area contributed by atoms with Crippen LogP contribution in [0, 0.1) is 0 Å². The van der Waals surface area contributed by atoms with E-state index in [1.54, 1.807) is 0 Å². The Morgan fingerprint density at radius 2 is 0.475 bits per heavy atom. The van der Waals surface area contributed by atoms with Gasteiger partial charge in [-0.3, -0.25) is 0 Å². The zero-order chi connectivity index (χ0) is 63.1. The fourth-order valence-corrected chi connectivity index (χ4v) is 5.15. The maximum atomic E-state index is 14.4. The highest BCUT2D eigenvalue weighted by atomic mass is 19.5. The van der Waals surface area contributed by atoms with E-state index in [1.165, 1.54) is 0 Å². The number of alkyl halides is 36. The summed E-state index contributed by atoms with van der Waals surface area (Å²) in [5, 5.41) is 0. The molecule has 0 amide bonds. The minimum absolute atomic E-state index is 0.199. The molecule has 0 unspecified atom stereocenters. The topological polar surface area (TPSA) is 119 Å². The van der Waals surface area contributed by atoms with Crippen molar-refractivity contribution in [2.24, 2.45) is 0 Å². The molecule has 0 spiro atoms. The first-order chi connectivity index (χ1) is 35.1. The van der Waals surface area contributed by atoms with Gasteiger partial charge in [0.1, 0.15) is 0 Å². The Labute approximate surface area is 413 Å². The molecular formula is C33H17F36N7O4. The second kappa shape index (κ2) is 20.4. The summed E-state index contributed by atoms with van der Waals surface area (Å²) in [6.45, 7) is -12.8. The number of nitrogens with zero attached hydrogens (tertiary/aromatic N) is 7. The van der Waals surface area contributed by atoms with Gasteiger partial charge in [0.25, 0.3) is 0 Å². The van der Waals surface area contributed by atoms with E-state index in [2.05, 4.69) is 48.9 Å². The number of halogens is 36. The lowest BCUT2D eigenvalue weighted by Gasteiger charge is -2.33. The van der Waals surface area contributed by atoms with E-state index >= 15 is 0 Å². The van der Waals surface area contributed by atoms with E-state index < -0.39 is 175 Å². The molecule has 0 aromatic carbocycles. The second-order valence-electron chi connectivity index (χ2n) is 15.6. The lowest BCUT2D eigenvalue weighted by Crippen LogP contribution is -2.62. The molecule has 0 saturated heterocycles. The van der Waals surface area contributed by atoms with Gasteiger partial charge in [0.15, 0.2) is 38.1 Å². The molecule has 460 valence electrons. The van der Waals surface area contributed by atoms with Crippen molar-refractivity contribution < 1.29 is 177 Å². The first-order valence-electron chi connectivity index (χ1n) is 19.1. The molecule has 3 aromatic rings. The molecule has 0 atom stereocenters. The number of aromatic nitrogens is 7. The van der Waals surface area contributed by atoms with E-state index in [0.29, 0.717) is 0 Å². The number of hydrogen-bond donors (Lipinski definition) is 0. The molecule has 80 heavy (non-hydrogen) atoms. The van der Waals surface area contributed by atoms with E-state index in [9.17, 15) is 158 Å². The Morgan fingerprint density at radius 3 is 0.625 bits per heavy atom. The van der Waals surface area contributed by atoms with Crippen LogP contribution in [-0.4, -0.2) is 157 Å². The lowest BCUT2D eigenvalue weighted by atomic mass is 10.0. The van der Waals surface area contributed by atoms with Crippen molar-refractivity contribution in [2.75, 3.05) is 26.4 Å². The highest BCUT2D eigenvalue weighted by Crippen LogP contribution is 2.57. The quantitative estimate of drug-likeness (QED) is 0.0849. The van der Waals surface area contributed by atoms with Crippen LogP contribution in [0.1, 0.15) is 19.9 Å². The van der Waals surface area contributed by atoms with Gasteiger partial charge >= 0.3 is 120 Å². The van der Waals surface area contributed by atoms with Crippen molar-refractivity contribution in [1.82, 2.24) is 34.5 Å². The Balaban J connectivity index is 2.39. The van der Waals surface area contributed by atoms with Crippen molar-refractivity contribution in [2.45, 2.75) is 116 Å². The van der Waals surface area contributed by atoms with E-state index in [4.69, 9.17) is 0 Å². The van der Waals surface area contributed by atoms with E-state index in [-0.39, 0.29) is 16.7 Å². The van der Waals surface area contributed by atoms with Gasteiger partial charge in [-0.1, -0.05) is 0 Å². The molecule has 0 N–H and O–H groups in total. The average Bonchev–Trinajstić information content (AvgIpc) is 3.73. The molecule has 0 fully saturated rings. The summed E-state index contributed by atoms with van der Waals surface area (Å²) < 4.78 is 503. The Kier molecular flexibility index (Phi) is 17.4. The Bertz CT molecular complexity index is 2340. The molecule has 0 bridgehead atoms. The maximum absolute atomic E-state index is 14.4. The molecule has 0 aliphatic rings. The molecule has 0 aliphatic carbocycles. The first kappa shape index (κ1) is 68.3. The van der Waals surface area contributed by atoms with Gasteiger partial charge in [0.05, 0.1) is 11.4 Å². The third kappa shape index (κ3) is 11.8. The van der Waals surface area contributed by atoms with Gasteiger partial charge in [-0.2, -0.15) is 178 Å². The SMILES string of the molecule is CC(C)n1c(-c2nc(OCC(F)(F)C(F)(F)C(F)(F)C(F)(F)F)nc(OCC(F)(F)C(F)(F)C(F)(F)C(F)(F)F)n2)ccc1-c1nc(OCC(F)(F)C(F)(F)C(F)(F)C(F)(F)F)nc(OCC(F)(F)C(F)(F)C(F)(F)C(F)(F)F)n1. The van der Waals surface area contributed by atoms with Gasteiger partial charge in [0, 0.05) is 6.04 Å². The third-order valence-electron chi connectivity index (χ3n) is 9.45. The standard InChI is InChI=1S/C33H17F36N7O4/c1-9(2)76-10(12-70-14(77-5-18(34,35)22(42,43)26(50,51)30(58,59)60)74-15(71-12)78-6-19(36,37)23(44,45)27(52,53)31(61,62)63)3-4-11(76)13-72-16(79-7-20(38,39)24(46,47)28(54,55)32(64,65)66)75-17(73-13)80-8-21(40,41)25(48,49)29(56,57)33(67,68)69/h3-4,9H,5-8H2,1-2H3. The summed E-state index contributed by atoms with van der Waals surface area (Å²) in [7, 11) is 0. The summed E-state index contributed by atoms with van der Waals surface area (Å²) in [6, 6.07) is -10.9. The molecule has 3 rings (SSSR count). The molecule has 0 aliphatic heterocycles. The van der Waals surface area contributed by atoms with Crippen LogP contribution in [0.5, 0.6) is 24.0 Å². The molecule has 47 heteroatoms. The van der Waals surface area contributed by atoms with Gasteiger partial charge < -0.3 is 23.5 Å². The molecule has 0 radical (unpaired) electrons. The second-order valence-corrected chi connectivity index (χ2v) is 15.6. The Morgan fingerprint density at radius 1 is 0.300 bits per heavy atom. The van der Waals surface area contributed by atoms with Crippen LogP contribution < -0.4 is 18.9 Å². The minimum Gasteiger partial charge on any atom is -0.457 e. The summed E-state index contributed by atoms with van der Waals surface area (Å²) in [5.41, 5.74) is -2.58. The smallest absolute Gasteiger partial charge is 0.457 e. The van der Waals surface area contributed by atoms with Crippen LogP contribution in [0.25, 0.3) is 23.0 Å². The summed E-state index contributed by atoms with van der Waals surface area (Å²) in [4.78, 5) is 16.8. The lowest BCUT2D eigenvalue weighted by molar-refractivity contribution is -0.398. The molecule has 3 heterocycles. The summed E-state index contributed by atoms with van der Waals surface area (Å²) in [6.07, 6.45) is -30.2. The van der Waals surface area contributed by atoms with Crippen molar-refractivity contribution in [3.8, 4) is 47.1 Å². The zero-order valence-electron chi connectivity index (χ0n) is 36.9. The zero-order valence-corrected chi connectivity index (χ0v) is 36.9. The van der Waals surface area contributed by atoms with Gasteiger partial charge in [-0.15, -0.1) is 9.97 Å². The van der Waals surface area contributed by atoms with Crippen LogP contribution in [0.2, 0.25) is 0 Å². The predicted molar refractivity (Wildman–Crippen MR) is 178 cm³/mol. The van der Waals surface area contributed by atoms with E-state index in [0.717, 1.165) is 13.8 Å². The number of hydrogen-bond acceptors (Lipinski definition) is 10. The van der Waals surface area contributed by atoms with Crippen LogP contribution in [0.3, 0.4) is 0 Å². The molecule has 3 aromatic heterocycles. The number of ether oxygens (including phenoxy) is 4. The fourth-order valence-electron chi connectivity index (χ4n) is 5.15. The van der Waals surface area contributed by atoms with Crippen LogP contribution in [0.4, 0.5) is 158 Å². The highest BCUT2D eigenvalue weighted by Gasteiger charge is 2.85. The normalized spacial score (nSPS) is 15.2. The van der Waals surface area contributed by atoms with Gasteiger partial charge in [-0.05, 0) is 26.0 Å². The first-order valence-corrected chi connectivity index (χ1v) is 19.1. The molecular weight excluding hydrogens is 1240 g/mol. The monoisotopic (exact) mass is 1260 g/mol. The summed E-state index contributed by atoms with van der Waals surface area (Å²) in [5.74, 6) is -92.4. The predicted octanol–water partition coefficient (Wildman–Crippen LogP) is 13.2. The summed E-state index contributed by atoms with van der Waals surface area (Å²) >= 11 is 0. The Hall–Kier alpha value is -6.02. The van der Waals surface area contributed by atoms with E-state index in [1.807, 2.05) is 0 Å².